The number of nitrogens with zero attached hydrogens (tertiary/aromatic N) is 1. The molecule has 1 aromatic carbocycles. The van der Waals surface area contributed by atoms with E-state index in [-0.39, 0.29) is 0 Å². The van der Waals surface area contributed by atoms with Gasteiger partial charge in [0.2, 0.25) is 0 Å². The van der Waals surface area contributed by atoms with Crippen molar-refractivity contribution in [2.24, 2.45) is 7.05 Å². The molecule has 0 bridgehead atoms. The molecule has 96 valence electrons. The Labute approximate surface area is 110 Å². The van der Waals surface area contributed by atoms with Crippen molar-refractivity contribution in [1.82, 2.24) is 4.57 Å². The van der Waals surface area contributed by atoms with E-state index in [0.717, 1.165) is 6.54 Å². The maximum Gasteiger partial charge on any atom is 0.0553 e. The summed E-state index contributed by atoms with van der Waals surface area (Å²) in [4.78, 5) is 0. The van der Waals surface area contributed by atoms with Crippen LogP contribution in [0.4, 0.5) is 5.69 Å². The molecule has 0 saturated carbocycles. The lowest BCUT2D eigenvalue weighted by molar-refractivity contribution is 0.795. The zero-order valence-electron chi connectivity index (χ0n) is 11.3. The number of rotatable bonds is 6. The van der Waals surface area contributed by atoms with E-state index >= 15 is 0 Å². The fourth-order valence-corrected chi connectivity index (χ4v) is 2.04. The third kappa shape index (κ3) is 3.39. The predicted molar refractivity (Wildman–Crippen MR) is 77.8 cm³/mol. The van der Waals surface area contributed by atoms with Crippen LogP contribution in [0.25, 0.3) is 0 Å². The Balaban J connectivity index is 1.88. The van der Waals surface area contributed by atoms with Crippen molar-refractivity contribution in [3.63, 3.8) is 0 Å². The molecule has 2 aromatic rings. The lowest BCUT2D eigenvalue weighted by Crippen LogP contribution is -2.03. The van der Waals surface area contributed by atoms with E-state index in [9.17, 15) is 0 Å². The maximum absolute atomic E-state index is 3.45. The molecule has 1 N–H and O–H groups in total. The predicted octanol–water partition coefficient (Wildman–Crippen LogP) is 3.98. The number of nitrogens with one attached hydrogen (secondary N) is 1. The second-order valence-corrected chi connectivity index (χ2v) is 4.76. The highest BCUT2D eigenvalue weighted by Crippen LogP contribution is 2.13. The number of anilines is 1. The van der Waals surface area contributed by atoms with Crippen LogP contribution in [-0.2, 0) is 20.0 Å². The standard InChI is InChI=1S/C16H22N2/c1-3-4-6-14-8-10-15(11-9-14)17-13-16-7-5-12-18(16)2/h5,7-12,17H,3-4,6,13H2,1-2H3. The van der Waals surface area contributed by atoms with Crippen molar-refractivity contribution in [3.8, 4) is 0 Å². The number of hydrogen-bond donors (Lipinski definition) is 1. The number of aromatic nitrogens is 1. The zero-order chi connectivity index (χ0) is 12.8. The minimum Gasteiger partial charge on any atom is -0.379 e. The molecule has 0 saturated heterocycles. The number of aryl methyl sites for hydroxylation is 2. The number of hydrogen-bond acceptors (Lipinski definition) is 1. The number of unbranched alkanes of at least 4 members (excludes halogenated alkanes) is 1. The van der Waals surface area contributed by atoms with E-state index in [1.165, 1.54) is 36.2 Å². The van der Waals surface area contributed by atoms with Crippen LogP contribution < -0.4 is 5.32 Å². The van der Waals surface area contributed by atoms with Gasteiger partial charge in [-0.25, -0.2) is 0 Å². The largest absolute Gasteiger partial charge is 0.379 e. The van der Waals surface area contributed by atoms with Gasteiger partial charge in [-0.05, 0) is 42.7 Å². The van der Waals surface area contributed by atoms with Gasteiger partial charge in [-0.15, -0.1) is 0 Å². The molecule has 2 heteroatoms. The third-order valence-electron chi connectivity index (χ3n) is 3.30. The Bertz CT molecular complexity index is 468. The normalized spacial score (nSPS) is 10.6. The molecule has 2 nitrogen and oxygen atoms in total. The summed E-state index contributed by atoms with van der Waals surface area (Å²) in [6.07, 6.45) is 5.79. The fourth-order valence-electron chi connectivity index (χ4n) is 2.04. The van der Waals surface area contributed by atoms with Gasteiger partial charge in [-0.1, -0.05) is 25.5 Å². The first kappa shape index (κ1) is 12.7. The SMILES string of the molecule is CCCCc1ccc(NCc2cccn2C)cc1. The van der Waals surface area contributed by atoms with E-state index in [4.69, 9.17) is 0 Å². The van der Waals surface area contributed by atoms with Crippen LogP contribution in [0.2, 0.25) is 0 Å². The zero-order valence-corrected chi connectivity index (χ0v) is 11.3. The molecule has 0 unspecified atom stereocenters. The maximum atomic E-state index is 3.45. The van der Waals surface area contributed by atoms with Crippen LogP contribution in [0.1, 0.15) is 31.0 Å². The molecule has 2 rings (SSSR count). The van der Waals surface area contributed by atoms with E-state index < -0.39 is 0 Å². The minimum absolute atomic E-state index is 0.873. The Morgan fingerprint density at radius 2 is 1.89 bits per heavy atom. The molecule has 0 fully saturated rings. The Morgan fingerprint density at radius 3 is 2.50 bits per heavy atom. The van der Waals surface area contributed by atoms with Crippen LogP contribution in [0.15, 0.2) is 42.6 Å². The molecular formula is C16H22N2. The Hall–Kier alpha value is -1.70. The molecule has 0 aliphatic carbocycles. The molecule has 0 amide bonds. The summed E-state index contributed by atoms with van der Waals surface area (Å²) in [6, 6.07) is 13.0. The molecule has 0 atom stereocenters. The summed E-state index contributed by atoms with van der Waals surface area (Å²) in [7, 11) is 2.07. The van der Waals surface area contributed by atoms with Gasteiger partial charge in [0.05, 0.1) is 6.54 Å². The van der Waals surface area contributed by atoms with Crippen LogP contribution >= 0.6 is 0 Å². The van der Waals surface area contributed by atoms with E-state index in [1.807, 2.05) is 0 Å². The highest BCUT2D eigenvalue weighted by molar-refractivity contribution is 5.44. The topological polar surface area (TPSA) is 17.0 Å². The van der Waals surface area contributed by atoms with Crippen molar-refractivity contribution < 1.29 is 0 Å². The summed E-state index contributed by atoms with van der Waals surface area (Å²) < 4.78 is 2.14. The van der Waals surface area contributed by atoms with Crippen molar-refractivity contribution in [2.75, 3.05) is 5.32 Å². The monoisotopic (exact) mass is 242 g/mol. The van der Waals surface area contributed by atoms with Crippen molar-refractivity contribution >= 4 is 5.69 Å². The van der Waals surface area contributed by atoms with Crippen LogP contribution in [0.5, 0.6) is 0 Å². The van der Waals surface area contributed by atoms with Crippen LogP contribution in [-0.4, -0.2) is 4.57 Å². The minimum atomic E-state index is 0.873. The van der Waals surface area contributed by atoms with Crippen LogP contribution in [0, 0.1) is 0 Å². The lowest BCUT2D eigenvalue weighted by atomic mass is 10.1. The van der Waals surface area contributed by atoms with Crippen molar-refractivity contribution in [2.45, 2.75) is 32.7 Å². The lowest BCUT2D eigenvalue weighted by Gasteiger charge is -2.08. The molecule has 1 heterocycles. The first-order valence-electron chi connectivity index (χ1n) is 6.72. The Morgan fingerprint density at radius 1 is 1.11 bits per heavy atom. The molecule has 0 radical (unpaired) electrons. The second kappa shape index (κ2) is 6.29. The van der Waals surface area contributed by atoms with Crippen LogP contribution in [0.3, 0.4) is 0 Å². The second-order valence-electron chi connectivity index (χ2n) is 4.76. The smallest absolute Gasteiger partial charge is 0.0553 e. The summed E-state index contributed by atoms with van der Waals surface area (Å²) in [5.41, 5.74) is 3.92. The van der Waals surface area contributed by atoms with Gasteiger partial charge >= 0.3 is 0 Å². The molecule has 0 aliphatic rings. The van der Waals surface area contributed by atoms with Gasteiger partial charge in [0.1, 0.15) is 0 Å². The summed E-state index contributed by atoms with van der Waals surface area (Å²) in [6.45, 7) is 3.10. The van der Waals surface area contributed by atoms with Gasteiger partial charge in [-0.3, -0.25) is 0 Å². The van der Waals surface area contributed by atoms with E-state index in [2.05, 4.69) is 66.5 Å². The van der Waals surface area contributed by atoms with Gasteiger partial charge in [0, 0.05) is 24.6 Å². The van der Waals surface area contributed by atoms with Gasteiger partial charge < -0.3 is 9.88 Å². The summed E-state index contributed by atoms with van der Waals surface area (Å²) >= 11 is 0. The van der Waals surface area contributed by atoms with E-state index in [0.29, 0.717) is 0 Å². The average Bonchev–Trinajstić information content (AvgIpc) is 2.81. The summed E-state index contributed by atoms with van der Waals surface area (Å²) in [5.74, 6) is 0. The highest BCUT2D eigenvalue weighted by Gasteiger charge is 1.98. The molecule has 0 spiro atoms. The Kier molecular flexibility index (Phi) is 4.46. The fraction of sp³-hybridized carbons (Fsp3) is 0.375. The summed E-state index contributed by atoms with van der Waals surface area (Å²) in [5, 5.41) is 3.45. The number of benzene rings is 1. The van der Waals surface area contributed by atoms with Gasteiger partial charge in [-0.2, -0.15) is 0 Å². The molecule has 0 aliphatic heterocycles. The van der Waals surface area contributed by atoms with E-state index in [1.54, 1.807) is 0 Å². The van der Waals surface area contributed by atoms with Crippen molar-refractivity contribution in [1.29, 1.82) is 0 Å². The van der Waals surface area contributed by atoms with Gasteiger partial charge in [0.15, 0.2) is 0 Å². The molecule has 1 aromatic heterocycles. The molecular weight excluding hydrogens is 220 g/mol. The average molecular weight is 242 g/mol. The third-order valence-corrected chi connectivity index (χ3v) is 3.30. The molecule has 18 heavy (non-hydrogen) atoms. The first-order chi connectivity index (χ1) is 8.79. The highest BCUT2D eigenvalue weighted by atomic mass is 15.0. The van der Waals surface area contributed by atoms with Crippen molar-refractivity contribution in [3.05, 3.63) is 53.9 Å². The van der Waals surface area contributed by atoms with Gasteiger partial charge in [0.25, 0.3) is 0 Å². The quantitative estimate of drug-likeness (QED) is 0.810. The first-order valence-corrected chi connectivity index (χ1v) is 6.72.